The molecule has 1 N–H and O–H groups in total. The quantitative estimate of drug-likeness (QED) is 0.388. The molecule has 0 saturated heterocycles. The summed E-state index contributed by atoms with van der Waals surface area (Å²) < 4.78 is 76.9. The molecule has 158 valence electrons. The molecule has 1 atom stereocenters. The lowest BCUT2D eigenvalue weighted by molar-refractivity contribution is -0.384. The van der Waals surface area contributed by atoms with Crippen molar-refractivity contribution in [2.45, 2.75) is 23.4 Å². The van der Waals surface area contributed by atoms with E-state index < -0.39 is 39.0 Å². The summed E-state index contributed by atoms with van der Waals surface area (Å²) in [6.45, 7) is 0. The molecule has 8 nitrogen and oxygen atoms in total. The maximum atomic E-state index is 13.0. The van der Waals surface area contributed by atoms with E-state index in [1.165, 1.54) is 20.3 Å². The minimum absolute atomic E-state index is 0.0426. The van der Waals surface area contributed by atoms with Gasteiger partial charge in [-0.2, -0.15) is 17.9 Å². The standard InChI is InChI=1S/C17H17F3N2O6S/c1-27-16(28-2)15(11-4-3-5-12(10-11)17(18,19)20)21-29(25,26)14-8-6-13(7-9-14)22(23)24/h3-10,15-16,21H,1-2H3. The lowest BCUT2D eigenvalue weighted by atomic mass is 10.0. The first kappa shape index (κ1) is 22.7. The Hall–Kier alpha value is -2.54. The van der Waals surface area contributed by atoms with Gasteiger partial charge in [0.25, 0.3) is 5.69 Å². The van der Waals surface area contributed by atoms with Crippen LogP contribution in [0.15, 0.2) is 53.4 Å². The lowest BCUT2D eigenvalue weighted by Gasteiger charge is -2.26. The zero-order valence-corrected chi connectivity index (χ0v) is 16.0. The number of nitro benzene ring substituents is 1. The molecule has 0 heterocycles. The summed E-state index contributed by atoms with van der Waals surface area (Å²) in [5, 5.41) is 10.7. The average Bonchev–Trinajstić information content (AvgIpc) is 2.67. The molecule has 0 radical (unpaired) electrons. The van der Waals surface area contributed by atoms with E-state index in [2.05, 4.69) is 4.72 Å². The van der Waals surface area contributed by atoms with Gasteiger partial charge in [0.15, 0.2) is 6.29 Å². The molecule has 0 spiro atoms. The van der Waals surface area contributed by atoms with Crippen LogP contribution in [-0.4, -0.2) is 33.9 Å². The fourth-order valence-electron chi connectivity index (χ4n) is 2.54. The fraction of sp³-hybridized carbons (Fsp3) is 0.294. The van der Waals surface area contributed by atoms with Crippen LogP contribution >= 0.6 is 0 Å². The topological polar surface area (TPSA) is 108 Å². The van der Waals surface area contributed by atoms with E-state index in [0.717, 1.165) is 42.5 Å². The second-order valence-corrected chi connectivity index (χ2v) is 7.53. The predicted molar refractivity (Wildman–Crippen MR) is 95.4 cm³/mol. The Morgan fingerprint density at radius 3 is 2.14 bits per heavy atom. The van der Waals surface area contributed by atoms with Crippen LogP contribution in [0.5, 0.6) is 0 Å². The van der Waals surface area contributed by atoms with Crippen LogP contribution in [0.2, 0.25) is 0 Å². The van der Waals surface area contributed by atoms with Gasteiger partial charge in [-0.25, -0.2) is 8.42 Å². The van der Waals surface area contributed by atoms with Crippen molar-refractivity contribution in [3.05, 3.63) is 69.8 Å². The number of hydrogen-bond acceptors (Lipinski definition) is 6. The third kappa shape index (κ3) is 5.50. The Bertz CT molecular complexity index is 960. The minimum atomic E-state index is -4.63. The molecule has 1 unspecified atom stereocenters. The summed E-state index contributed by atoms with van der Waals surface area (Å²) in [6, 6.07) is 6.75. The van der Waals surface area contributed by atoms with Gasteiger partial charge in [-0.1, -0.05) is 12.1 Å². The zero-order valence-electron chi connectivity index (χ0n) is 15.2. The van der Waals surface area contributed by atoms with Crippen molar-refractivity contribution < 1.29 is 36.0 Å². The van der Waals surface area contributed by atoms with Gasteiger partial charge in [-0.05, 0) is 29.8 Å². The van der Waals surface area contributed by atoms with E-state index in [4.69, 9.17) is 9.47 Å². The third-order valence-electron chi connectivity index (χ3n) is 3.95. The lowest BCUT2D eigenvalue weighted by Crippen LogP contribution is -2.38. The summed E-state index contributed by atoms with van der Waals surface area (Å²) in [5.41, 5.74) is -1.33. The Labute approximate surface area is 164 Å². The first-order valence-corrected chi connectivity index (χ1v) is 9.47. The summed E-state index contributed by atoms with van der Waals surface area (Å²) >= 11 is 0. The van der Waals surface area contributed by atoms with Gasteiger partial charge in [0.05, 0.1) is 21.4 Å². The van der Waals surface area contributed by atoms with Gasteiger partial charge in [0.2, 0.25) is 10.0 Å². The molecule has 0 bridgehead atoms. The van der Waals surface area contributed by atoms with Gasteiger partial charge in [-0.3, -0.25) is 10.1 Å². The number of nitrogens with one attached hydrogen (secondary N) is 1. The van der Waals surface area contributed by atoms with Crippen LogP contribution in [-0.2, 0) is 25.7 Å². The van der Waals surface area contributed by atoms with E-state index in [0.29, 0.717) is 0 Å². The second-order valence-electron chi connectivity index (χ2n) is 5.81. The van der Waals surface area contributed by atoms with Crippen molar-refractivity contribution in [3.63, 3.8) is 0 Å². The number of nitro groups is 1. The van der Waals surface area contributed by atoms with Crippen LogP contribution in [0.4, 0.5) is 18.9 Å². The summed E-state index contributed by atoms with van der Waals surface area (Å²) in [4.78, 5) is 9.71. The van der Waals surface area contributed by atoms with Gasteiger partial charge in [-0.15, -0.1) is 0 Å². The Balaban J connectivity index is 2.44. The third-order valence-corrected chi connectivity index (χ3v) is 5.41. The monoisotopic (exact) mass is 434 g/mol. The number of halogens is 3. The van der Waals surface area contributed by atoms with E-state index in [1.54, 1.807) is 0 Å². The number of alkyl halides is 3. The van der Waals surface area contributed by atoms with Crippen LogP contribution in [0.1, 0.15) is 17.2 Å². The van der Waals surface area contributed by atoms with Crippen LogP contribution in [0, 0.1) is 10.1 Å². The molecule has 2 rings (SSSR count). The van der Waals surface area contributed by atoms with Crippen LogP contribution in [0.3, 0.4) is 0 Å². The van der Waals surface area contributed by atoms with E-state index in [1.807, 2.05) is 0 Å². The molecule has 29 heavy (non-hydrogen) atoms. The van der Waals surface area contributed by atoms with E-state index >= 15 is 0 Å². The van der Waals surface area contributed by atoms with E-state index in [-0.39, 0.29) is 16.1 Å². The van der Waals surface area contributed by atoms with Gasteiger partial charge < -0.3 is 9.47 Å². The van der Waals surface area contributed by atoms with Crippen molar-refractivity contribution in [1.29, 1.82) is 0 Å². The first-order chi connectivity index (χ1) is 13.5. The van der Waals surface area contributed by atoms with Crippen LogP contribution < -0.4 is 4.72 Å². The maximum absolute atomic E-state index is 13.0. The molecule has 2 aromatic carbocycles. The predicted octanol–water partition coefficient (Wildman–Crippen LogP) is 3.25. The average molecular weight is 434 g/mol. The molecule has 0 fully saturated rings. The Kier molecular flexibility index (Phi) is 6.95. The number of hydrogen-bond donors (Lipinski definition) is 1. The minimum Gasteiger partial charge on any atom is -0.354 e. The van der Waals surface area contributed by atoms with Gasteiger partial charge >= 0.3 is 6.18 Å². The molecular formula is C17H17F3N2O6S. The van der Waals surface area contributed by atoms with E-state index in [9.17, 15) is 31.7 Å². The van der Waals surface area contributed by atoms with Crippen LogP contribution in [0.25, 0.3) is 0 Å². The van der Waals surface area contributed by atoms with Gasteiger partial charge in [0.1, 0.15) is 0 Å². The number of nitrogens with zero attached hydrogens (tertiary/aromatic N) is 1. The molecule has 0 aromatic heterocycles. The largest absolute Gasteiger partial charge is 0.416 e. The smallest absolute Gasteiger partial charge is 0.354 e. The highest BCUT2D eigenvalue weighted by Gasteiger charge is 2.34. The number of benzene rings is 2. The zero-order chi connectivity index (χ0) is 21.8. The molecule has 2 aromatic rings. The summed E-state index contributed by atoms with van der Waals surface area (Å²) in [5.74, 6) is 0. The van der Waals surface area contributed by atoms with Crippen molar-refractivity contribution in [1.82, 2.24) is 4.72 Å². The Morgan fingerprint density at radius 1 is 1.07 bits per heavy atom. The number of methoxy groups -OCH3 is 2. The van der Waals surface area contributed by atoms with Gasteiger partial charge in [0, 0.05) is 26.4 Å². The molecule has 0 saturated carbocycles. The normalized spacial score (nSPS) is 13.4. The number of ether oxygens (including phenoxy) is 2. The molecule has 0 aliphatic carbocycles. The number of sulfonamides is 1. The summed E-state index contributed by atoms with van der Waals surface area (Å²) in [7, 11) is -1.87. The molecule has 0 amide bonds. The number of rotatable bonds is 8. The van der Waals surface area contributed by atoms with Crippen molar-refractivity contribution in [2.24, 2.45) is 0 Å². The highest BCUT2D eigenvalue weighted by molar-refractivity contribution is 7.89. The molecule has 0 aliphatic heterocycles. The van der Waals surface area contributed by atoms with Crippen molar-refractivity contribution in [3.8, 4) is 0 Å². The summed E-state index contributed by atoms with van der Waals surface area (Å²) in [6.07, 6.45) is -5.88. The first-order valence-electron chi connectivity index (χ1n) is 7.99. The van der Waals surface area contributed by atoms with Crippen molar-refractivity contribution >= 4 is 15.7 Å². The highest BCUT2D eigenvalue weighted by Crippen LogP contribution is 2.32. The number of non-ortho nitro benzene ring substituents is 1. The maximum Gasteiger partial charge on any atom is 0.416 e. The highest BCUT2D eigenvalue weighted by atomic mass is 32.2. The molecule has 0 aliphatic rings. The Morgan fingerprint density at radius 2 is 1.66 bits per heavy atom. The molecule has 12 heteroatoms. The second kappa shape index (κ2) is 8.86. The fourth-order valence-corrected chi connectivity index (χ4v) is 3.75. The van der Waals surface area contributed by atoms with Crippen molar-refractivity contribution in [2.75, 3.05) is 14.2 Å². The SMILES string of the molecule is COC(OC)C(NS(=O)(=O)c1ccc([N+](=O)[O-])cc1)c1cccc(C(F)(F)F)c1. The molecular weight excluding hydrogens is 417 g/mol.